The van der Waals surface area contributed by atoms with Gasteiger partial charge < -0.3 is 29.7 Å². The van der Waals surface area contributed by atoms with Gasteiger partial charge in [0.1, 0.15) is 36.7 Å². The van der Waals surface area contributed by atoms with Crippen molar-refractivity contribution in [3.8, 4) is 0 Å². The van der Waals surface area contributed by atoms with Gasteiger partial charge >= 0.3 is 18.0 Å². The van der Waals surface area contributed by atoms with Gasteiger partial charge in [-0.25, -0.2) is 14.4 Å². The molecule has 3 aromatic carbocycles. The molecule has 254 valence electrons. The van der Waals surface area contributed by atoms with Crippen molar-refractivity contribution >= 4 is 41.6 Å². The number of benzene rings is 3. The highest BCUT2D eigenvalue weighted by molar-refractivity contribution is 8.00. The maximum atomic E-state index is 13.4. The van der Waals surface area contributed by atoms with Crippen LogP contribution in [0, 0.1) is 5.92 Å². The summed E-state index contributed by atoms with van der Waals surface area (Å²) in [7, 11) is 1.28. The summed E-state index contributed by atoms with van der Waals surface area (Å²) < 4.78 is 15.8. The standard InChI is InChI=1S/C36H41N3O8S/c1-24(2)31(35(43)45-3)39-32(41)30(33(39)48-27-18-11-6-12-19-27)38-29(40)21-13-20-28(34(42)46-22-25-14-7-4-8-15-25)37-36(44)47-23-26-16-9-5-10-17-26/h4-12,14-19,24,28,30-31,33H,13,20-23H2,1-3H3,(H,37,44)(H,38,40)/t28-,30+,31+,33+/m0/s1. The predicted molar refractivity (Wildman–Crippen MR) is 179 cm³/mol. The van der Waals surface area contributed by atoms with E-state index in [-0.39, 0.29) is 44.3 Å². The first-order valence-corrected chi connectivity index (χ1v) is 16.6. The van der Waals surface area contributed by atoms with Crippen molar-refractivity contribution in [1.29, 1.82) is 0 Å². The van der Waals surface area contributed by atoms with Crippen LogP contribution in [0.25, 0.3) is 0 Å². The SMILES string of the molecule is COC(=O)[C@@H](C(C)C)N1C(=O)[C@@H](NC(=O)CCC[C@H](NC(=O)OCc2ccccc2)C(=O)OCc2ccccc2)[C@H]1Sc1ccccc1. The van der Waals surface area contributed by atoms with Gasteiger partial charge in [-0.05, 0) is 42.0 Å². The van der Waals surface area contributed by atoms with Crippen LogP contribution in [-0.4, -0.2) is 65.4 Å². The number of carbonyl (C=O) groups is 5. The number of alkyl carbamates (subject to hydrolysis) is 1. The lowest BCUT2D eigenvalue weighted by Gasteiger charge is -2.50. The summed E-state index contributed by atoms with van der Waals surface area (Å²) in [5, 5.41) is 4.84. The third-order valence-corrected chi connectivity index (χ3v) is 8.97. The Labute approximate surface area is 284 Å². The number of hydrogen-bond donors (Lipinski definition) is 2. The van der Waals surface area contributed by atoms with E-state index in [9.17, 15) is 24.0 Å². The van der Waals surface area contributed by atoms with Gasteiger partial charge in [-0.2, -0.15) is 0 Å². The molecule has 0 unspecified atom stereocenters. The highest BCUT2D eigenvalue weighted by atomic mass is 32.2. The first kappa shape index (κ1) is 36.0. The van der Waals surface area contributed by atoms with Crippen molar-refractivity contribution in [2.75, 3.05) is 7.11 Å². The minimum absolute atomic E-state index is 0.0150. The van der Waals surface area contributed by atoms with Crippen molar-refractivity contribution < 1.29 is 38.2 Å². The molecule has 3 amide bonds. The molecule has 48 heavy (non-hydrogen) atoms. The summed E-state index contributed by atoms with van der Waals surface area (Å²) in [6.45, 7) is 3.69. The van der Waals surface area contributed by atoms with Crippen molar-refractivity contribution in [2.24, 2.45) is 5.92 Å². The van der Waals surface area contributed by atoms with Crippen LogP contribution in [0.1, 0.15) is 44.2 Å². The zero-order chi connectivity index (χ0) is 34.5. The molecule has 1 heterocycles. The van der Waals surface area contributed by atoms with E-state index in [1.165, 1.54) is 23.8 Å². The first-order chi connectivity index (χ1) is 23.2. The third-order valence-electron chi connectivity index (χ3n) is 7.68. The van der Waals surface area contributed by atoms with Crippen molar-refractivity contribution in [3.05, 3.63) is 102 Å². The molecule has 4 rings (SSSR count). The largest absolute Gasteiger partial charge is 0.467 e. The number of amides is 3. The Balaban J connectivity index is 1.37. The van der Waals surface area contributed by atoms with Gasteiger partial charge in [0, 0.05) is 11.3 Å². The Morgan fingerprint density at radius 3 is 1.94 bits per heavy atom. The van der Waals surface area contributed by atoms with Gasteiger partial charge in [-0.3, -0.25) is 9.59 Å². The zero-order valence-corrected chi connectivity index (χ0v) is 28.0. The van der Waals surface area contributed by atoms with Crippen LogP contribution in [0.5, 0.6) is 0 Å². The van der Waals surface area contributed by atoms with Gasteiger partial charge in [-0.15, -0.1) is 0 Å². The molecule has 1 fully saturated rings. The first-order valence-electron chi connectivity index (χ1n) is 15.8. The maximum absolute atomic E-state index is 13.4. The monoisotopic (exact) mass is 675 g/mol. The number of rotatable bonds is 16. The summed E-state index contributed by atoms with van der Waals surface area (Å²) in [6.07, 6.45) is -0.531. The topological polar surface area (TPSA) is 140 Å². The fraction of sp³-hybridized carbons (Fsp3) is 0.361. The van der Waals surface area contributed by atoms with Crippen molar-refractivity contribution in [1.82, 2.24) is 15.5 Å². The minimum atomic E-state index is -1.07. The lowest BCUT2D eigenvalue weighted by molar-refractivity contribution is -0.165. The Hall–Kier alpha value is -4.84. The lowest BCUT2D eigenvalue weighted by Crippen LogP contribution is -2.73. The summed E-state index contributed by atoms with van der Waals surface area (Å²) >= 11 is 1.37. The minimum Gasteiger partial charge on any atom is -0.467 e. The normalized spacial score (nSPS) is 16.7. The van der Waals surface area contributed by atoms with E-state index in [1.54, 1.807) is 0 Å². The predicted octanol–water partition coefficient (Wildman–Crippen LogP) is 4.84. The molecule has 12 heteroatoms. The van der Waals surface area contributed by atoms with E-state index >= 15 is 0 Å². The number of esters is 2. The van der Waals surface area contributed by atoms with Gasteiger partial charge in [0.25, 0.3) is 0 Å². The molecule has 1 aliphatic rings. The van der Waals surface area contributed by atoms with Crippen LogP contribution in [0.3, 0.4) is 0 Å². The summed E-state index contributed by atoms with van der Waals surface area (Å²) in [6, 6.07) is 24.9. The summed E-state index contributed by atoms with van der Waals surface area (Å²) in [4.78, 5) is 67.2. The molecule has 11 nitrogen and oxygen atoms in total. The average Bonchev–Trinajstić information content (AvgIpc) is 3.10. The molecule has 1 aliphatic heterocycles. The lowest BCUT2D eigenvalue weighted by atomic mass is 9.95. The molecule has 4 atom stereocenters. The van der Waals surface area contributed by atoms with Crippen LogP contribution < -0.4 is 10.6 Å². The van der Waals surface area contributed by atoms with Crippen LogP contribution in [0.2, 0.25) is 0 Å². The molecule has 1 saturated heterocycles. The molecular weight excluding hydrogens is 634 g/mol. The molecule has 2 N–H and O–H groups in total. The second-order valence-electron chi connectivity index (χ2n) is 11.6. The van der Waals surface area contributed by atoms with Crippen molar-refractivity contribution in [2.45, 2.75) is 74.7 Å². The number of carbonyl (C=O) groups excluding carboxylic acids is 5. The number of β-lactam (4-membered cyclic amide) rings is 1. The van der Waals surface area contributed by atoms with Crippen LogP contribution in [0.15, 0.2) is 95.9 Å². The zero-order valence-electron chi connectivity index (χ0n) is 27.2. The van der Waals surface area contributed by atoms with E-state index in [0.717, 1.165) is 16.0 Å². The number of thioether (sulfide) groups is 1. The molecule has 0 radical (unpaired) electrons. The quantitative estimate of drug-likeness (QED) is 0.124. The highest BCUT2D eigenvalue weighted by Crippen LogP contribution is 2.38. The van der Waals surface area contributed by atoms with Gasteiger partial charge in [0.2, 0.25) is 11.8 Å². The number of likely N-dealkylation sites (tertiary alicyclic amines) is 1. The number of ether oxygens (including phenoxy) is 3. The van der Waals surface area contributed by atoms with Gasteiger partial charge in [-0.1, -0.05) is 104 Å². The molecule has 0 saturated carbocycles. The van der Waals surface area contributed by atoms with E-state index < -0.39 is 47.4 Å². The molecule has 0 aliphatic carbocycles. The van der Waals surface area contributed by atoms with Crippen LogP contribution in [-0.2, 0) is 46.6 Å². The van der Waals surface area contributed by atoms with Crippen LogP contribution in [0.4, 0.5) is 4.79 Å². The second-order valence-corrected chi connectivity index (χ2v) is 12.8. The fourth-order valence-electron chi connectivity index (χ4n) is 5.20. The summed E-state index contributed by atoms with van der Waals surface area (Å²) in [5.41, 5.74) is 1.57. The Bertz CT molecular complexity index is 1520. The highest BCUT2D eigenvalue weighted by Gasteiger charge is 2.54. The van der Waals surface area contributed by atoms with Gasteiger partial charge in [0.15, 0.2) is 0 Å². The second kappa shape index (κ2) is 17.9. The maximum Gasteiger partial charge on any atom is 0.408 e. The Kier molecular flexibility index (Phi) is 13.4. The summed E-state index contributed by atoms with van der Waals surface area (Å²) in [5.74, 6) is -2.20. The Morgan fingerprint density at radius 1 is 0.812 bits per heavy atom. The number of nitrogens with zero attached hydrogens (tertiary/aromatic N) is 1. The van der Waals surface area contributed by atoms with E-state index in [1.807, 2.05) is 105 Å². The molecule has 3 aromatic rings. The molecule has 0 spiro atoms. The van der Waals surface area contributed by atoms with Crippen molar-refractivity contribution in [3.63, 3.8) is 0 Å². The van der Waals surface area contributed by atoms with E-state index in [0.29, 0.717) is 0 Å². The average molecular weight is 676 g/mol. The van der Waals surface area contributed by atoms with Crippen LogP contribution >= 0.6 is 11.8 Å². The smallest absolute Gasteiger partial charge is 0.408 e. The Morgan fingerprint density at radius 2 is 1.38 bits per heavy atom. The van der Waals surface area contributed by atoms with E-state index in [4.69, 9.17) is 14.2 Å². The third kappa shape index (κ3) is 10.1. The molecular formula is C36H41N3O8S. The molecule has 0 aromatic heterocycles. The van der Waals surface area contributed by atoms with Gasteiger partial charge in [0.05, 0.1) is 7.11 Å². The van der Waals surface area contributed by atoms with E-state index in [2.05, 4.69) is 10.6 Å². The number of methoxy groups -OCH3 is 1. The molecule has 0 bridgehead atoms. The number of hydrogen-bond acceptors (Lipinski definition) is 9. The number of nitrogens with one attached hydrogen (secondary N) is 2. The fourth-order valence-corrected chi connectivity index (χ4v) is 6.47.